The van der Waals surface area contributed by atoms with Crippen LogP contribution in [0.25, 0.3) is 0 Å². The molecule has 24 heavy (non-hydrogen) atoms. The highest BCUT2D eigenvalue weighted by Crippen LogP contribution is 2.30. The van der Waals surface area contributed by atoms with E-state index >= 15 is 0 Å². The molecule has 0 aliphatic carbocycles. The monoisotopic (exact) mass is 333 g/mol. The van der Waals surface area contributed by atoms with E-state index in [4.69, 9.17) is 14.2 Å². The molecule has 0 N–H and O–H groups in total. The standard InChI is InChI=1S/C18H23NO5/c1-12-5-3-6-13(2)17(12)19(14-8-10-23-18(14)21)15(20)11-24-16-7-4-9-22-16/h3,5-6,14,16H,4,7-11H2,1-2H3. The Balaban J connectivity index is 1.84. The van der Waals surface area contributed by atoms with Gasteiger partial charge in [-0.25, -0.2) is 4.79 Å². The van der Waals surface area contributed by atoms with Crippen LogP contribution in [-0.4, -0.2) is 44.0 Å². The fourth-order valence-corrected chi connectivity index (χ4v) is 3.27. The number of ether oxygens (including phenoxy) is 3. The summed E-state index contributed by atoms with van der Waals surface area (Å²) in [5.74, 6) is -0.602. The van der Waals surface area contributed by atoms with Gasteiger partial charge in [0.15, 0.2) is 6.29 Å². The largest absolute Gasteiger partial charge is 0.464 e. The zero-order valence-electron chi connectivity index (χ0n) is 14.1. The number of hydrogen-bond acceptors (Lipinski definition) is 5. The smallest absolute Gasteiger partial charge is 0.329 e. The summed E-state index contributed by atoms with van der Waals surface area (Å²) < 4.78 is 16.1. The van der Waals surface area contributed by atoms with E-state index in [1.54, 1.807) is 4.90 Å². The first-order valence-electron chi connectivity index (χ1n) is 8.36. The number of hydrogen-bond donors (Lipinski definition) is 0. The predicted molar refractivity (Wildman–Crippen MR) is 87.7 cm³/mol. The Morgan fingerprint density at radius 1 is 1.25 bits per heavy atom. The fraction of sp³-hybridized carbons (Fsp3) is 0.556. The molecule has 1 aromatic rings. The van der Waals surface area contributed by atoms with Crippen LogP contribution in [0.3, 0.4) is 0 Å². The lowest BCUT2D eigenvalue weighted by molar-refractivity contribution is -0.145. The van der Waals surface area contributed by atoms with Gasteiger partial charge in [-0.15, -0.1) is 0 Å². The molecule has 1 amide bonds. The molecule has 0 spiro atoms. The Labute approximate surface area is 141 Å². The average molecular weight is 333 g/mol. The van der Waals surface area contributed by atoms with Gasteiger partial charge < -0.3 is 14.2 Å². The van der Waals surface area contributed by atoms with Gasteiger partial charge in [-0.2, -0.15) is 0 Å². The number of benzene rings is 1. The normalized spacial score (nSPS) is 23.3. The number of rotatable bonds is 5. The molecule has 6 heteroatoms. The number of anilines is 1. The number of nitrogens with zero attached hydrogens (tertiary/aromatic N) is 1. The molecular formula is C18H23NO5. The van der Waals surface area contributed by atoms with E-state index in [-0.39, 0.29) is 24.8 Å². The molecule has 1 aromatic carbocycles. The number of para-hydroxylation sites is 1. The van der Waals surface area contributed by atoms with Crippen molar-refractivity contribution < 1.29 is 23.8 Å². The van der Waals surface area contributed by atoms with Gasteiger partial charge in [0, 0.05) is 19.4 Å². The molecule has 2 heterocycles. The summed E-state index contributed by atoms with van der Waals surface area (Å²) in [6.45, 7) is 4.76. The van der Waals surface area contributed by atoms with E-state index in [1.165, 1.54) is 0 Å². The van der Waals surface area contributed by atoms with Crippen molar-refractivity contribution in [1.29, 1.82) is 0 Å². The van der Waals surface area contributed by atoms with Gasteiger partial charge in [-0.05, 0) is 31.4 Å². The Kier molecular flexibility index (Phi) is 5.16. The van der Waals surface area contributed by atoms with Crippen molar-refractivity contribution in [3.8, 4) is 0 Å². The van der Waals surface area contributed by atoms with Crippen molar-refractivity contribution in [2.24, 2.45) is 0 Å². The summed E-state index contributed by atoms with van der Waals surface area (Å²) in [6.07, 6.45) is 1.90. The predicted octanol–water partition coefficient (Wildman–Crippen LogP) is 2.11. The first kappa shape index (κ1) is 16.9. The van der Waals surface area contributed by atoms with E-state index in [9.17, 15) is 9.59 Å². The topological polar surface area (TPSA) is 65.1 Å². The SMILES string of the molecule is Cc1cccc(C)c1N(C(=O)COC1CCCO1)C1CCOC1=O. The molecular weight excluding hydrogens is 310 g/mol. The number of esters is 1. The van der Waals surface area contributed by atoms with Crippen molar-refractivity contribution in [3.63, 3.8) is 0 Å². The van der Waals surface area contributed by atoms with Gasteiger partial charge in [0.1, 0.15) is 12.6 Å². The van der Waals surface area contributed by atoms with Crippen LogP contribution in [0.2, 0.25) is 0 Å². The highest BCUT2D eigenvalue weighted by atomic mass is 16.7. The second-order valence-corrected chi connectivity index (χ2v) is 6.23. The highest BCUT2D eigenvalue weighted by Gasteiger charge is 2.37. The second-order valence-electron chi connectivity index (χ2n) is 6.23. The Morgan fingerprint density at radius 2 is 2.00 bits per heavy atom. The number of cyclic esters (lactones) is 1. The molecule has 2 aliphatic rings. The Morgan fingerprint density at radius 3 is 2.58 bits per heavy atom. The van der Waals surface area contributed by atoms with Crippen LogP contribution in [0.4, 0.5) is 5.69 Å². The van der Waals surface area contributed by atoms with E-state index in [0.717, 1.165) is 29.7 Å². The zero-order chi connectivity index (χ0) is 17.1. The summed E-state index contributed by atoms with van der Waals surface area (Å²) in [6, 6.07) is 5.21. The third-order valence-corrected chi connectivity index (χ3v) is 4.45. The molecule has 6 nitrogen and oxygen atoms in total. The molecule has 0 aromatic heterocycles. The van der Waals surface area contributed by atoms with Gasteiger partial charge in [0.05, 0.1) is 12.3 Å². The molecule has 0 saturated carbocycles. The van der Waals surface area contributed by atoms with Crippen LogP contribution in [0, 0.1) is 13.8 Å². The quantitative estimate of drug-likeness (QED) is 0.772. The minimum atomic E-state index is -0.592. The maximum Gasteiger partial charge on any atom is 0.329 e. The van der Waals surface area contributed by atoms with Crippen LogP contribution in [0.1, 0.15) is 30.4 Å². The van der Waals surface area contributed by atoms with E-state index < -0.39 is 6.04 Å². The molecule has 0 bridgehead atoms. The summed E-state index contributed by atoms with van der Waals surface area (Å²) in [7, 11) is 0. The molecule has 2 aliphatic heterocycles. The van der Waals surface area contributed by atoms with Crippen molar-refractivity contribution in [2.45, 2.75) is 45.4 Å². The average Bonchev–Trinajstić information content (AvgIpc) is 3.20. The lowest BCUT2D eigenvalue weighted by atomic mass is 10.0. The Bertz CT molecular complexity index is 604. The molecule has 130 valence electrons. The van der Waals surface area contributed by atoms with Crippen LogP contribution in [0.15, 0.2) is 18.2 Å². The first-order valence-corrected chi connectivity index (χ1v) is 8.36. The van der Waals surface area contributed by atoms with Crippen molar-refractivity contribution in [1.82, 2.24) is 0 Å². The number of amides is 1. The van der Waals surface area contributed by atoms with E-state index in [1.807, 2.05) is 32.0 Å². The second kappa shape index (κ2) is 7.32. The van der Waals surface area contributed by atoms with Gasteiger partial charge in [-0.3, -0.25) is 9.69 Å². The summed E-state index contributed by atoms with van der Waals surface area (Å²) >= 11 is 0. The number of aryl methyl sites for hydroxylation is 2. The molecule has 2 saturated heterocycles. The minimum absolute atomic E-state index is 0.109. The molecule has 3 rings (SSSR count). The molecule has 2 unspecified atom stereocenters. The summed E-state index contributed by atoms with van der Waals surface area (Å²) in [4.78, 5) is 26.5. The van der Waals surface area contributed by atoms with Crippen LogP contribution in [0.5, 0.6) is 0 Å². The third kappa shape index (κ3) is 3.44. The summed E-state index contributed by atoms with van der Waals surface area (Å²) in [5, 5.41) is 0. The van der Waals surface area contributed by atoms with Crippen molar-refractivity contribution in [2.75, 3.05) is 24.7 Å². The molecule has 0 radical (unpaired) electrons. The molecule has 2 fully saturated rings. The number of carbonyl (C=O) groups is 2. The van der Waals surface area contributed by atoms with Crippen LogP contribution >= 0.6 is 0 Å². The third-order valence-electron chi connectivity index (χ3n) is 4.45. The van der Waals surface area contributed by atoms with Crippen LogP contribution < -0.4 is 4.90 Å². The Hall–Kier alpha value is -1.92. The van der Waals surface area contributed by atoms with Gasteiger partial charge in [-0.1, -0.05) is 18.2 Å². The van der Waals surface area contributed by atoms with Gasteiger partial charge in [0.2, 0.25) is 0 Å². The maximum atomic E-state index is 12.9. The molecule has 2 atom stereocenters. The van der Waals surface area contributed by atoms with Crippen LogP contribution in [-0.2, 0) is 23.8 Å². The van der Waals surface area contributed by atoms with Crippen molar-refractivity contribution >= 4 is 17.6 Å². The lowest BCUT2D eigenvalue weighted by Crippen LogP contribution is -2.46. The van der Waals surface area contributed by atoms with E-state index in [0.29, 0.717) is 19.6 Å². The maximum absolute atomic E-state index is 12.9. The summed E-state index contributed by atoms with van der Waals surface area (Å²) in [5.41, 5.74) is 2.66. The fourth-order valence-electron chi connectivity index (χ4n) is 3.27. The van der Waals surface area contributed by atoms with Crippen molar-refractivity contribution in [3.05, 3.63) is 29.3 Å². The van der Waals surface area contributed by atoms with Gasteiger partial charge >= 0.3 is 5.97 Å². The van der Waals surface area contributed by atoms with E-state index in [2.05, 4.69) is 0 Å². The minimum Gasteiger partial charge on any atom is -0.464 e. The van der Waals surface area contributed by atoms with Gasteiger partial charge in [0.25, 0.3) is 5.91 Å². The first-order chi connectivity index (χ1) is 11.6. The lowest BCUT2D eigenvalue weighted by Gasteiger charge is -2.29. The zero-order valence-corrected chi connectivity index (χ0v) is 14.1. The number of carbonyl (C=O) groups excluding carboxylic acids is 2. The highest BCUT2D eigenvalue weighted by molar-refractivity contribution is 6.01.